The summed E-state index contributed by atoms with van der Waals surface area (Å²) in [5, 5.41) is 4.61. The Bertz CT molecular complexity index is 3320. The molecule has 0 bridgehead atoms. The molecule has 276 valence electrons. The van der Waals surface area contributed by atoms with Crippen molar-refractivity contribution in [3.63, 3.8) is 0 Å². The molecule has 0 saturated carbocycles. The first kappa shape index (κ1) is 34.4. The summed E-state index contributed by atoms with van der Waals surface area (Å²) in [6.45, 7) is 0. The number of furan rings is 1. The number of rotatable bonds is 7. The van der Waals surface area contributed by atoms with Gasteiger partial charge in [0.2, 0.25) is 0 Å². The third kappa shape index (κ3) is 6.36. The Morgan fingerprint density at radius 1 is 0.271 bits per heavy atom. The third-order valence-electron chi connectivity index (χ3n) is 11.3. The average molecular weight is 753 g/mol. The van der Waals surface area contributed by atoms with E-state index in [9.17, 15) is 0 Å². The van der Waals surface area contributed by atoms with E-state index in [0.29, 0.717) is 5.82 Å². The molecule has 0 aliphatic carbocycles. The molecule has 2 heterocycles. The van der Waals surface area contributed by atoms with Crippen molar-refractivity contribution in [1.82, 2.24) is 9.97 Å². The Morgan fingerprint density at radius 3 is 1.64 bits per heavy atom. The molecule has 0 N–H and O–H groups in total. The number of aromatic nitrogens is 2. The molecular weight excluding hydrogens is 717 g/mol. The van der Waals surface area contributed by atoms with E-state index in [1.54, 1.807) is 0 Å². The zero-order chi connectivity index (χ0) is 39.1. The summed E-state index contributed by atoms with van der Waals surface area (Å²) in [5.41, 5.74) is 15.5. The standard InChI is InChI=1S/C56H36N2O/c1-3-16-37(17-4-1)44-22-9-10-24-46(44)42-32-41(40-30-31-55-51(35-40)50-27-13-14-29-54(50)59-55)33-43(34-42)52-36-53(58-56(57-52)39-19-5-2-6-20-39)49-26-12-11-25-48(49)47-28-15-21-38-18-7-8-23-45(38)47/h1-36H. The van der Waals surface area contributed by atoms with Gasteiger partial charge in [-0.25, -0.2) is 9.97 Å². The molecule has 0 fully saturated rings. The molecule has 0 radical (unpaired) electrons. The van der Waals surface area contributed by atoms with Crippen LogP contribution in [0.3, 0.4) is 0 Å². The van der Waals surface area contributed by atoms with Gasteiger partial charge in [-0.3, -0.25) is 0 Å². The van der Waals surface area contributed by atoms with E-state index >= 15 is 0 Å². The molecule has 2 aromatic heterocycles. The van der Waals surface area contributed by atoms with E-state index in [1.165, 1.54) is 27.5 Å². The van der Waals surface area contributed by atoms with Gasteiger partial charge in [0, 0.05) is 27.5 Å². The molecule has 3 nitrogen and oxygen atoms in total. The molecule has 0 atom stereocenters. The van der Waals surface area contributed by atoms with Crippen LogP contribution in [0, 0.1) is 0 Å². The monoisotopic (exact) mass is 752 g/mol. The van der Waals surface area contributed by atoms with Crippen LogP contribution < -0.4 is 0 Å². The van der Waals surface area contributed by atoms with Crippen LogP contribution in [0.1, 0.15) is 0 Å². The fourth-order valence-electron chi connectivity index (χ4n) is 8.46. The maximum absolute atomic E-state index is 6.25. The molecule has 11 aromatic rings. The van der Waals surface area contributed by atoms with Crippen LogP contribution in [-0.4, -0.2) is 9.97 Å². The van der Waals surface area contributed by atoms with Crippen LogP contribution in [0.4, 0.5) is 0 Å². The highest BCUT2D eigenvalue weighted by atomic mass is 16.3. The quantitative estimate of drug-likeness (QED) is 0.163. The zero-order valence-corrected chi connectivity index (χ0v) is 32.1. The van der Waals surface area contributed by atoms with Gasteiger partial charge >= 0.3 is 0 Å². The molecule has 9 aromatic carbocycles. The first-order valence-corrected chi connectivity index (χ1v) is 20.0. The van der Waals surface area contributed by atoms with Crippen LogP contribution in [-0.2, 0) is 0 Å². The van der Waals surface area contributed by atoms with E-state index in [2.05, 4.69) is 188 Å². The number of hydrogen-bond acceptors (Lipinski definition) is 3. The molecule has 0 spiro atoms. The summed E-state index contributed by atoms with van der Waals surface area (Å²) in [6.07, 6.45) is 0. The van der Waals surface area contributed by atoms with Crippen LogP contribution in [0.15, 0.2) is 223 Å². The van der Waals surface area contributed by atoms with Gasteiger partial charge in [-0.2, -0.15) is 0 Å². The molecule has 11 rings (SSSR count). The summed E-state index contributed by atoms with van der Waals surface area (Å²) >= 11 is 0. The summed E-state index contributed by atoms with van der Waals surface area (Å²) in [4.78, 5) is 10.7. The first-order chi connectivity index (χ1) is 29.2. The predicted molar refractivity (Wildman–Crippen MR) is 245 cm³/mol. The Balaban J connectivity index is 1.16. The Morgan fingerprint density at radius 2 is 0.831 bits per heavy atom. The smallest absolute Gasteiger partial charge is 0.160 e. The molecular formula is C56H36N2O. The van der Waals surface area contributed by atoms with Gasteiger partial charge in [0.1, 0.15) is 11.2 Å². The van der Waals surface area contributed by atoms with Gasteiger partial charge in [0.25, 0.3) is 0 Å². The molecule has 0 aliphatic rings. The number of fused-ring (bicyclic) bond motifs is 4. The van der Waals surface area contributed by atoms with Crippen LogP contribution in [0.25, 0.3) is 111 Å². The molecule has 0 amide bonds. The average Bonchev–Trinajstić information content (AvgIpc) is 3.70. The zero-order valence-electron chi connectivity index (χ0n) is 32.1. The van der Waals surface area contributed by atoms with Gasteiger partial charge in [0.05, 0.1) is 11.4 Å². The third-order valence-corrected chi connectivity index (χ3v) is 11.3. The van der Waals surface area contributed by atoms with E-state index in [1.807, 2.05) is 30.3 Å². The van der Waals surface area contributed by atoms with Crippen molar-refractivity contribution in [2.45, 2.75) is 0 Å². The fourth-order valence-corrected chi connectivity index (χ4v) is 8.46. The maximum atomic E-state index is 6.25. The highest BCUT2D eigenvalue weighted by Crippen LogP contribution is 2.41. The van der Waals surface area contributed by atoms with Crippen molar-refractivity contribution in [1.29, 1.82) is 0 Å². The van der Waals surface area contributed by atoms with E-state index in [-0.39, 0.29) is 0 Å². The van der Waals surface area contributed by atoms with Crippen molar-refractivity contribution in [2.75, 3.05) is 0 Å². The number of benzene rings is 9. The normalized spacial score (nSPS) is 11.4. The van der Waals surface area contributed by atoms with E-state index < -0.39 is 0 Å². The summed E-state index contributed by atoms with van der Waals surface area (Å²) in [5.74, 6) is 0.675. The minimum atomic E-state index is 0.675. The van der Waals surface area contributed by atoms with Gasteiger partial charge in [-0.1, -0.05) is 176 Å². The topological polar surface area (TPSA) is 38.9 Å². The highest BCUT2D eigenvalue weighted by molar-refractivity contribution is 6.06. The molecule has 0 unspecified atom stereocenters. The number of nitrogens with zero attached hydrogens (tertiary/aromatic N) is 2. The second-order valence-corrected chi connectivity index (χ2v) is 14.9. The second-order valence-electron chi connectivity index (χ2n) is 14.9. The van der Waals surface area contributed by atoms with Crippen molar-refractivity contribution in [3.8, 4) is 78.4 Å². The summed E-state index contributed by atoms with van der Waals surface area (Å²) in [6, 6.07) is 77.1. The molecule has 0 saturated heterocycles. The summed E-state index contributed by atoms with van der Waals surface area (Å²) < 4.78 is 6.25. The van der Waals surface area contributed by atoms with E-state index in [4.69, 9.17) is 14.4 Å². The molecule has 0 aliphatic heterocycles. The van der Waals surface area contributed by atoms with Gasteiger partial charge in [-0.05, 0) is 97.7 Å². The lowest BCUT2D eigenvalue weighted by Crippen LogP contribution is -1.98. The van der Waals surface area contributed by atoms with Crippen LogP contribution >= 0.6 is 0 Å². The van der Waals surface area contributed by atoms with Crippen molar-refractivity contribution in [3.05, 3.63) is 218 Å². The maximum Gasteiger partial charge on any atom is 0.160 e. The lowest BCUT2D eigenvalue weighted by Gasteiger charge is -2.16. The van der Waals surface area contributed by atoms with Gasteiger partial charge in [-0.15, -0.1) is 0 Å². The van der Waals surface area contributed by atoms with Gasteiger partial charge < -0.3 is 4.42 Å². The lowest BCUT2D eigenvalue weighted by atomic mass is 9.90. The SMILES string of the molecule is c1ccc(-c2nc(-c3cc(-c4ccc5oc6ccccc6c5c4)cc(-c4ccccc4-c4ccccc4)c3)cc(-c3ccccc3-c3cccc4ccccc34)n2)cc1. The second kappa shape index (κ2) is 14.6. The molecule has 59 heavy (non-hydrogen) atoms. The van der Waals surface area contributed by atoms with E-state index in [0.717, 1.165) is 77.8 Å². The minimum absolute atomic E-state index is 0.675. The number of para-hydroxylation sites is 1. The largest absolute Gasteiger partial charge is 0.456 e. The predicted octanol–water partition coefficient (Wildman–Crippen LogP) is 15.2. The van der Waals surface area contributed by atoms with Crippen molar-refractivity contribution in [2.24, 2.45) is 0 Å². The Labute approximate surface area is 342 Å². The van der Waals surface area contributed by atoms with Gasteiger partial charge in [0.15, 0.2) is 5.82 Å². The Hall–Kier alpha value is -7.88. The Kier molecular flexibility index (Phi) is 8.49. The number of hydrogen-bond donors (Lipinski definition) is 0. The van der Waals surface area contributed by atoms with Crippen LogP contribution in [0.5, 0.6) is 0 Å². The lowest BCUT2D eigenvalue weighted by molar-refractivity contribution is 0.669. The van der Waals surface area contributed by atoms with Crippen molar-refractivity contribution >= 4 is 32.7 Å². The summed E-state index contributed by atoms with van der Waals surface area (Å²) in [7, 11) is 0. The first-order valence-electron chi connectivity index (χ1n) is 20.0. The highest BCUT2D eigenvalue weighted by Gasteiger charge is 2.18. The van der Waals surface area contributed by atoms with Crippen LogP contribution in [0.2, 0.25) is 0 Å². The molecule has 3 heteroatoms. The van der Waals surface area contributed by atoms with Crippen molar-refractivity contribution < 1.29 is 4.42 Å². The minimum Gasteiger partial charge on any atom is -0.456 e. The fraction of sp³-hybridized carbons (Fsp3) is 0.